The van der Waals surface area contributed by atoms with E-state index in [1.165, 1.54) is 0 Å². The first-order valence-corrected chi connectivity index (χ1v) is 9.07. The van der Waals surface area contributed by atoms with Crippen LogP contribution in [-0.2, 0) is 11.3 Å². The number of benzene rings is 1. The second kappa shape index (κ2) is 7.32. The Hall–Kier alpha value is -2.99. The average molecular weight is 363 g/mol. The number of anilines is 2. The molecule has 1 saturated heterocycles. The number of ether oxygens (including phenoxy) is 1. The highest BCUT2D eigenvalue weighted by molar-refractivity contribution is 5.82. The normalized spacial score (nSPS) is 17.2. The summed E-state index contributed by atoms with van der Waals surface area (Å²) in [6.07, 6.45) is 1.90. The molecule has 6 nitrogen and oxygen atoms in total. The van der Waals surface area contributed by atoms with Gasteiger partial charge in [-0.2, -0.15) is 0 Å². The van der Waals surface area contributed by atoms with Gasteiger partial charge < -0.3 is 15.0 Å². The lowest BCUT2D eigenvalue weighted by atomic mass is 9.98. The SMILES string of the molecule is CC1CN(c2ccc(-c3c(NCc4ccccn4)c(=O)c3=O)cc2)CCO1. The van der Waals surface area contributed by atoms with E-state index in [1.807, 2.05) is 42.5 Å². The Morgan fingerprint density at radius 3 is 2.67 bits per heavy atom. The van der Waals surface area contributed by atoms with Gasteiger partial charge in [-0.15, -0.1) is 0 Å². The van der Waals surface area contributed by atoms with Crippen molar-refractivity contribution in [2.24, 2.45) is 0 Å². The molecule has 1 fully saturated rings. The minimum atomic E-state index is -0.466. The minimum absolute atomic E-state index is 0.203. The summed E-state index contributed by atoms with van der Waals surface area (Å²) in [7, 11) is 0. The molecule has 4 rings (SSSR count). The Kier molecular flexibility index (Phi) is 4.73. The standard InChI is InChI=1S/C21H21N3O3/c1-14-13-24(10-11-27-14)17-7-5-15(6-8-17)18-19(21(26)20(18)25)23-12-16-4-2-3-9-22-16/h2-9,14,23H,10-13H2,1H3. The van der Waals surface area contributed by atoms with Gasteiger partial charge in [-0.3, -0.25) is 14.6 Å². The summed E-state index contributed by atoms with van der Waals surface area (Å²) in [5, 5.41) is 3.07. The fourth-order valence-corrected chi connectivity index (χ4v) is 3.41. The Morgan fingerprint density at radius 1 is 1.15 bits per heavy atom. The molecule has 1 N–H and O–H groups in total. The number of hydrogen-bond acceptors (Lipinski definition) is 6. The lowest BCUT2D eigenvalue weighted by molar-refractivity contribution is 0.0532. The second-order valence-electron chi connectivity index (χ2n) is 6.76. The molecular weight excluding hydrogens is 342 g/mol. The molecule has 0 bridgehead atoms. The molecule has 138 valence electrons. The Balaban J connectivity index is 1.53. The first-order valence-electron chi connectivity index (χ1n) is 9.07. The highest BCUT2D eigenvalue weighted by atomic mass is 16.5. The fourth-order valence-electron chi connectivity index (χ4n) is 3.41. The third-order valence-electron chi connectivity index (χ3n) is 4.84. The van der Waals surface area contributed by atoms with Gasteiger partial charge in [-0.05, 0) is 36.8 Å². The highest BCUT2D eigenvalue weighted by Crippen LogP contribution is 2.27. The van der Waals surface area contributed by atoms with Gasteiger partial charge in [-0.25, -0.2) is 0 Å². The number of rotatable bonds is 5. The van der Waals surface area contributed by atoms with Gasteiger partial charge in [0.1, 0.15) is 0 Å². The van der Waals surface area contributed by atoms with Crippen LogP contribution < -0.4 is 21.1 Å². The number of nitrogens with zero attached hydrogens (tertiary/aromatic N) is 2. The summed E-state index contributed by atoms with van der Waals surface area (Å²) in [6.45, 7) is 4.87. The van der Waals surface area contributed by atoms with Crippen LogP contribution in [0.15, 0.2) is 58.3 Å². The van der Waals surface area contributed by atoms with Gasteiger partial charge in [0.25, 0.3) is 0 Å². The molecule has 1 aliphatic rings. The molecule has 2 aromatic carbocycles. The number of nitrogens with one attached hydrogen (secondary N) is 1. The number of morpholine rings is 1. The Morgan fingerprint density at radius 2 is 1.96 bits per heavy atom. The maximum absolute atomic E-state index is 12.1. The largest absolute Gasteiger partial charge is 0.375 e. The number of aromatic nitrogens is 1. The van der Waals surface area contributed by atoms with Crippen LogP contribution in [0.1, 0.15) is 12.6 Å². The van der Waals surface area contributed by atoms with Crippen molar-refractivity contribution >= 4 is 11.4 Å². The van der Waals surface area contributed by atoms with Crippen molar-refractivity contribution in [1.82, 2.24) is 4.98 Å². The fraction of sp³-hybridized carbons (Fsp3) is 0.286. The maximum Gasteiger partial charge on any atom is 0.250 e. The van der Waals surface area contributed by atoms with Crippen molar-refractivity contribution in [3.63, 3.8) is 0 Å². The topological polar surface area (TPSA) is 71.5 Å². The predicted molar refractivity (Wildman–Crippen MR) is 106 cm³/mol. The monoisotopic (exact) mass is 363 g/mol. The molecule has 1 atom stereocenters. The van der Waals surface area contributed by atoms with E-state index < -0.39 is 10.9 Å². The molecular formula is C21H21N3O3. The molecule has 0 amide bonds. The lowest BCUT2D eigenvalue weighted by Gasteiger charge is -2.33. The molecule has 1 unspecified atom stereocenters. The van der Waals surface area contributed by atoms with Crippen LogP contribution in [0, 0.1) is 0 Å². The Labute approximate surface area is 157 Å². The maximum atomic E-state index is 12.1. The van der Waals surface area contributed by atoms with Crippen molar-refractivity contribution in [2.75, 3.05) is 29.9 Å². The summed E-state index contributed by atoms with van der Waals surface area (Å²) in [5.41, 5.74) is 2.59. The quantitative estimate of drug-likeness (QED) is 0.701. The molecule has 27 heavy (non-hydrogen) atoms. The van der Waals surface area contributed by atoms with E-state index >= 15 is 0 Å². The van der Waals surface area contributed by atoms with Crippen LogP contribution in [0.3, 0.4) is 0 Å². The molecule has 0 aliphatic carbocycles. The number of pyridine rings is 1. The highest BCUT2D eigenvalue weighted by Gasteiger charge is 2.23. The third kappa shape index (κ3) is 3.48. The van der Waals surface area contributed by atoms with Gasteiger partial charge in [0.15, 0.2) is 0 Å². The molecule has 0 radical (unpaired) electrons. The number of hydrogen-bond donors (Lipinski definition) is 1. The zero-order valence-electron chi connectivity index (χ0n) is 15.1. The van der Waals surface area contributed by atoms with Crippen LogP contribution in [0.2, 0.25) is 0 Å². The molecule has 1 aromatic heterocycles. The van der Waals surface area contributed by atoms with Crippen LogP contribution in [0.5, 0.6) is 0 Å². The van der Waals surface area contributed by atoms with Crippen molar-refractivity contribution in [3.05, 3.63) is 74.8 Å². The van der Waals surface area contributed by atoms with E-state index in [2.05, 4.69) is 22.1 Å². The van der Waals surface area contributed by atoms with E-state index in [4.69, 9.17) is 4.74 Å². The van der Waals surface area contributed by atoms with E-state index in [-0.39, 0.29) is 6.10 Å². The van der Waals surface area contributed by atoms with Crippen molar-refractivity contribution < 1.29 is 4.74 Å². The Bertz CT molecular complexity index is 992. The molecule has 0 saturated carbocycles. The smallest absolute Gasteiger partial charge is 0.250 e. The zero-order valence-corrected chi connectivity index (χ0v) is 15.1. The third-order valence-corrected chi connectivity index (χ3v) is 4.84. The van der Waals surface area contributed by atoms with Crippen LogP contribution >= 0.6 is 0 Å². The zero-order chi connectivity index (χ0) is 18.8. The van der Waals surface area contributed by atoms with Crippen LogP contribution in [0.4, 0.5) is 11.4 Å². The first kappa shape index (κ1) is 17.4. The van der Waals surface area contributed by atoms with Crippen molar-refractivity contribution in [3.8, 4) is 11.1 Å². The summed E-state index contributed by atoms with van der Waals surface area (Å²) >= 11 is 0. The van der Waals surface area contributed by atoms with Crippen LogP contribution in [0.25, 0.3) is 11.1 Å². The van der Waals surface area contributed by atoms with Gasteiger partial charge >= 0.3 is 0 Å². The van der Waals surface area contributed by atoms with E-state index in [9.17, 15) is 9.59 Å². The van der Waals surface area contributed by atoms with Crippen molar-refractivity contribution in [2.45, 2.75) is 19.6 Å². The summed E-state index contributed by atoms with van der Waals surface area (Å²) < 4.78 is 5.58. The summed E-state index contributed by atoms with van der Waals surface area (Å²) in [6, 6.07) is 13.4. The van der Waals surface area contributed by atoms with Gasteiger partial charge in [0, 0.05) is 25.0 Å². The van der Waals surface area contributed by atoms with E-state index in [0.29, 0.717) is 24.4 Å². The predicted octanol–water partition coefficient (Wildman–Crippen LogP) is 2.18. The summed E-state index contributed by atoms with van der Waals surface area (Å²) in [5.74, 6) is 0. The molecule has 0 spiro atoms. The second-order valence-corrected chi connectivity index (χ2v) is 6.76. The molecule has 3 aromatic rings. The molecule has 2 heterocycles. The van der Waals surface area contributed by atoms with E-state index in [1.54, 1.807) is 6.20 Å². The van der Waals surface area contributed by atoms with Crippen LogP contribution in [-0.4, -0.2) is 30.8 Å². The lowest BCUT2D eigenvalue weighted by Crippen LogP contribution is -2.41. The van der Waals surface area contributed by atoms with Gasteiger partial charge in [0.2, 0.25) is 10.9 Å². The summed E-state index contributed by atoms with van der Waals surface area (Å²) in [4.78, 5) is 30.6. The average Bonchev–Trinajstić information content (AvgIpc) is 2.71. The van der Waals surface area contributed by atoms with Gasteiger partial charge in [0.05, 0.1) is 36.2 Å². The molecule has 1 aliphatic heterocycles. The first-order chi connectivity index (χ1) is 13.1. The van der Waals surface area contributed by atoms with Gasteiger partial charge in [-0.1, -0.05) is 18.2 Å². The molecule has 6 heteroatoms. The van der Waals surface area contributed by atoms with E-state index in [0.717, 1.165) is 30.0 Å². The minimum Gasteiger partial charge on any atom is -0.375 e. The van der Waals surface area contributed by atoms with Crippen molar-refractivity contribution in [1.29, 1.82) is 0 Å².